The lowest BCUT2D eigenvalue weighted by atomic mass is 9.80. The minimum atomic E-state index is -0.619. The minimum absolute atomic E-state index is 0.172. The van der Waals surface area contributed by atoms with Crippen LogP contribution in [-0.4, -0.2) is 75.1 Å². The normalized spacial score (nSPS) is 21.8. The average Bonchev–Trinajstić information content (AvgIpc) is 3.31. The molecule has 1 saturated heterocycles. The molecular formula is C27H37N5O3. The Bertz CT molecular complexity index is 1060. The number of aryl methyl sites for hydroxylation is 1. The molecule has 8 nitrogen and oxygen atoms in total. The average molecular weight is 480 g/mol. The molecular weight excluding hydrogens is 442 g/mol. The van der Waals surface area contributed by atoms with E-state index in [1.807, 2.05) is 11.1 Å². The number of nitrogens with zero attached hydrogens (tertiary/aromatic N) is 4. The molecule has 2 N–H and O–H groups in total. The molecule has 2 atom stereocenters. The largest absolute Gasteiger partial charge is 0.390 e. The number of benzene rings is 1. The molecule has 4 heterocycles. The lowest BCUT2D eigenvalue weighted by molar-refractivity contribution is -0.130. The second-order valence-electron chi connectivity index (χ2n) is 10.5. The summed E-state index contributed by atoms with van der Waals surface area (Å²) >= 11 is 0. The number of aromatic nitrogens is 2. The fourth-order valence-electron chi connectivity index (χ4n) is 6.02. The highest BCUT2D eigenvalue weighted by atomic mass is 16.3. The quantitative estimate of drug-likeness (QED) is 0.660. The third kappa shape index (κ3) is 5.59. The van der Waals surface area contributed by atoms with E-state index in [0.717, 1.165) is 70.7 Å². The van der Waals surface area contributed by atoms with E-state index in [1.165, 1.54) is 11.1 Å². The summed E-state index contributed by atoms with van der Waals surface area (Å²) in [6.45, 7) is 6.76. The van der Waals surface area contributed by atoms with Gasteiger partial charge in [-0.1, -0.05) is 24.3 Å². The molecule has 5 rings (SSSR count). The number of carbonyl (C=O) groups excluding carboxylic acids is 2. The van der Waals surface area contributed by atoms with Crippen LogP contribution in [-0.2, 0) is 30.7 Å². The van der Waals surface area contributed by atoms with Gasteiger partial charge in [0.15, 0.2) is 0 Å². The molecule has 1 aromatic carbocycles. The van der Waals surface area contributed by atoms with Crippen LogP contribution < -0.4 is 5.32 Å². The van der Waals surface area contributed by atoms with Crippen LogP contribution in [0.2, 0.25) is 0 Å². The van der Waals surface area contributed by atoms with Gasteiger partial charge in [0.25, 0.3) is 5.91 Å². The molecule has 0 aliphatic carbocycles. The van der Waals surface area contributed by atoms with Gasteiger partial charge in [0.05, 0.1) is 6.10 Å². The zero-order valence-electron chi connectivity index (χ0n) is 20.7. The Morgan fingerprint density at radius 3 is 2.63 bits per heavy atom. The Hall–Kier alpha value is -2.71. The van der Waals surface area contributed by atoms with Crippen LogP contribution in [0.3, 0.4) is 0 Å². The molecule has 1 fully saturated rings. The van der Waals surface area contributed by atoms with Gasteiger partial charge in [-0.05, 0) is 48.6 Å². The van der Waals surface area contributed by atoms with Gasteiger partial charge in [0.2, 0.25) is 5.91 Å². The second-order valence-corrected chi connectivity index (χ2v) is 10.5. The van der Waals surface area contributed by atoms with Gasteiger partial charge in [-0.15, -0.1) is 0 Å². The molecule has 0 spiro atoms. The van der Waals surface area contributed by atoms with Crippen molar-refractivity contribution in [2.45, 2.75) is 58.2 Å². The summed E-state index contributed by atoms with van der Waals surface area (Å²) in [5.41, 5.74) is 3.14. The molecule has 3 aliphatic rings. The van der Waals surface area contributed by atoms with Crippen molar-refractivity contribution >= 4 is 11.8 Å². The van der Waals surface area contributed by atoms with Gasteiger partial charge < -0.3 is 19.9 Å². The maximum Gasteiger partial charge on any atom is 0.271 e. The van der Waals surface area contributed by atoms with Crippen LogP contribution in [0.4, 0.5) is 0 Å². The number of rotatable bonds is 6. The summed E-state index contributed by atoms with van der Waals surface area (Å²) in [7, 11) is 0. The van der Waals surface area contributed by atoms with E-state index in [-0.39, 0.29) is 18.4 Å². The standard InChI is InChI=1S/C27H37N5O3/c1-19(33)31-12-9-21(10-13-31)23-6-7-26-29-25(18-32(26)16-23)27(35)28-14-24(34)17-30-11-8-20-4-2-3-5-22(20)15-30/h2-5,18,21,23-24,34H,6-17H2,1H3,(H,28,35)/t23-,24?/m1/s1. The molecule has 8 heteroatoms. The van der Waals surface area contributed by atoms with Gasteiger partial charge in [-0.25, -0.2) is 4.98 Å². The predicted molar refractivity (Wildman–Crippen MR) is 133 cm³/mol. The van der Waals surface area contributed by atoms with Crippen molar-refractivity contribution < 1.29 is 14.7 Å². The molecule has 3 aliphatic heterocycles. The van der Waals surface area contributed by atoms with Crippen LogP contribution in [0.25, 0.3) is 0 Å². The number of fused-ring (bicyclic) bond motifs is 2. The summed E-state index contributed by atoms with van der Waals surface area (Å²) in [4.78, 5) is 33.1. The van der Waals surface area contributed by atoms with Crippen molar-refractivity contribution in [2.75, 3.05) is 32.7 Å². The van der Waals surface area contributed by atoms with Gasteiger partial charge in [0, 0.05) is 65.4 Å². The molecule has 2 aromatic rings. The van der Waals surface area contributed by atoms with E-state index < -0.39 is 6.10 Å². The fourth-order valence-corrected chi connectivity index (χ4v) is 6.02. The van der Waals surface area contributed by atoms with Crippen molar-refractivity contribution in [1.29, 1.82) is 0 Å². The van der Waals surface area contributed by atoms with E-state index >= 15 is 0 Å². The number of β-amino-alcohol motifs (C(OH)–C–C–N with tert-alkyl or cyclic N) is 1. The molecule has 1 aromatic heterocycles. The Morgan fingerprint density at radius 2 is 1.86 bits per heavy atom. The summed E-state index contributed by atoms with van der Waals surface area (Å²) in [5, 5.41) is 13.4. The SMILES string of the molecule is CC(=O)N1CCC([C@@H]2CCc3nc(C(=O)NCC(O)CN4CCc5ccccc5C4)cn3C2)CC1. The van der Waals surface area contributed by atoms with Gasteiger partial charge in [-0.2, -0.15) is 0 Å². The molecule has 0 bridgehead atoms. The van der Waals surface area contributed by atoms with Crippen LogP contribution in [0, 0.1) is 11.8 Å². The smallest absolute Gasteiger partial charge is 0.271 e. The highest BCUT2D eigenvalue weighted by Gasteiger charge is 2.31. The Morgan fingerprint density at radius 1 is 1.09 bits per heavy atom. The van der Waals surface area contributed by atoms with E-state index in [1.54, 1.807) is 6.92 Å². The maximum absolute atomic E-state index is 12.8. The van der Waals surface area contributed by atoms with Crippen molar-refractivity contribution in [3.05, 3.63) is 53.1 Å². The number of aliphatic hydroxyl groups excluding tert-OH is 1. The van der Waals surface area contributed by atoms with Crippen LogP contribution in [0.1, 0.15) is 53.6 Å². The summed E-state index contributed by atoms with van der Waals surface area (Å²) in [6.07, 6.45) is 6.32. The summed E-state index contributed by atoms with van der Waals surface area (Å²) in [5.74, 6) is 2.11. The molecule has 188 valence electrons. The number of amides is 2. The fraction of sp³-hybridized carbons (Fsp3) is 0.593. The zero-order chi connectivity index (χ0) is 24.4. The third-order valence-electron chi connectivity index (χ3n) is 8.09. The van der Waals surface area contributed by atoms with Gasteiger partial charge in [0.1, 0.15) is 11.5 Å². The highest BCUT2D eigenvalue weighted by Crippen LogP contribution is 2.32. The molecule has 2 amide bonds. The lowest BCUT2D eigenvalue weighted by Crippen LogP contribution is -2.42. The second kappa shape index (κ2) is 10.5. The van der Waals surface area contributed by atoms with E-state index in [2.05, 4.69) is 44.0 Å². The maximum atomic E-state index is 12.8. The first-order chi connectivity index (χ1) is 17.0. The first-order valence-corrected chi connectivity index (χ1v) is 13.0. The summed E-state index contributed by atoms with van der Waals surface area (Å²) in [6, 6.07) is 8.46. The van der Waals surface area contributed by atoms with Gasteiger partial charge in [-0.3, -0.25) is 14.5 Å². The summed E-state index contributed by atoms with van der Waals surface area (Å²) < 4.78 is 2.14. The number of piperidine rings is 1. The van der Waals surface area contributed by atoms with E-state index in [4.69, 9.17) is 0 Å². The van der Waals surface area contributed by atoms with Crippen LogP contribution in [0.5, 0.6) is 0 Å². The lowest BCUT2D eigenvalue weighted by Gasteiger charge is -2.37. The molecule has 0 saturated carbocycles. The van der Waals surface area contributed by atoms with Crippen molar-refractivity contribution in [2.24, 2.45) is 11.8 Å². The van der Waals surface area contributed by atoms with Crippen LogP contribution >= 0.6 is 0 Å². The number of nitrogens with one attached hydrogen (secondary N) is 1. The Labute approximate surface area is 207 Å². The predicted octanol–water partition coefficient (Wildman–Crippen LogP) is 1.85. The first kappa shape index (κ1) is 24.0. The number of hydrogen-bond donors (Lipinski definition) is 2. The van der Waals surface area contributed by atoms with Crippen molar-refractivity contribution in [3.63, 3.8) is 0 Å². The number of imidazole rings is 1. The molecule has 1 unspecified atom stereocenters. The van der Waals surface area contributed by atoms with Crippen molar-refractivity contribution in [3.8, 4) is 0 Å². The third-order valence-corrected chi connectivity index (χ3v) is 8.09. The van der Waals surface area contributed by atoms with E-state index in [0.29, 0.717) is 24.1 Å². The molecule has 35 heavy (non-hydrogen) atoms. The van der Waals surface area contributed by atoms with E-state index in [9.17, 15) is 14.7 Å². The van der Waals surface area contributed by atoms with Gasteiger partial charge >= 0.3 is 0 Å². The minimum Gasteiger partial charge on any atom is -0.390 e. The van der Waals surface area contributed by atoms with Crippen LogP contribution in [0.15, 0.2) is 30.5 Å². The number of carbonyl (C=O) groups is 2. The first-order valence-electron chi connectivity index (χ1n) is 13.0. The monoisotopic (exact) mass is 479 g/mol. The topological polar surface area (TPSA) is 90.7 Å². The highest BCUT2D eigenvalue weighted by molar-refractivity contribution is 5.92. The Balaban J connectivity index is 1.09. The molecule has 0 radical (unpaired) electrons. The number of likely N-dealkylation sites (tertiary alicyclic amines) is 1. The van der Waals surface area contributed by atoms with Crippen molar-refractivity contribution in [1.82, 2.24) is 24.7 Å². The number of aliphatic hydroxyl groups is 1. The Kier molecular flexibility index (Phi) is 7.20. The number of hydrogen-bond acceptors (Lipinski definition) is 5. The zero-order valence-corrected chi connectivity index (χ0v) is 20.7.